The summed E-state index contributed by atoms with van der Waals surface area (Å²) in [6.07, 6.45) is -2.74. The number of alkyl halides is 2. The summed E-state index contributed by atoms with van der Waals surface area (Å²) in [4.78, 5) is 29.4. The van der Waals surface area contributed by atoms with Gasteiger partial charge in [0.1, 0.15) is 4.83 Å². The summed E-state index contributed by atoms with van der Waals surface area (Å²) in [6.45, 7) is 0. The molecule has 2 heterocycles. The molecule has 0 saturated heterocycles. The molecule has 0 aromatic carbocycles. The van der Waals surface area contributed by atoms with E-state index in [9.17, 15) is 18.4 Å². The number of hydrogen-bond donors (Lipinski definition) is 2. The average Bonchev–Trinajstić information content (AvgIpc) is 2.47. The van der Waals surface area contributed by atoms with Crippen LogP contribution in [-0.2, 0) is 0 Å². The van der Waals surface area contributed by atoms with Crippen molar-refractivity contribution >= 4 is 21.7 Å². The number of rotatable bonds is 1. The van der Waals surface area contributed by atoms with Gasteiger partial charge in [-0.15, -0.1) is 0 Å². The molecule has 14 heavy (non-hydrogen) atoms. The van der Waals surface area contributed by atoms with Crippen LogP contribution in [0.4, 0.5) is 8.78 Å². The van der Waals surface area contributed by atoms with E-state index in [1.807, 2.05) is 4.98 Å². The van der Waals surface area contributed by atoms with Gasteiger partial charge in [-0.1, -0.05) is 11.3 Å². The number of H-pyrrole nitrogens is 2. The van der Waals surface area contributed by atoms with Crippen molar-refractivity contribution in [1.82, 2.24) is 15.0 Å². The summed E-state index contributed by atoms with van der Waals surface area (Å²) < 4.78 is 24.4. The molecule has 0 aliphatic rings. The van der Waals surface area contributed by atoms with Crippen molar-refractivity contribution in [3.8, 4) is 0 Å². The van der Waals surface area contributed by atoms with Gasteiger partial charge in [0.05, 0.1) is 0 Å². The molecule has 0 spiro atoms. The van der Waals surface area contributed by atoms with Crippen LogP contribution in [0.1, 0.15) is 11.4 Å². The predicted molar refractivity (Wildman–Crippen MR) is 45.8 cm³/mol. The van der Waals surface area contributed by atoms with Gasteiger partial charge in [0.25, 0.3) is 12.0 Å². The maximum absolute atomic E-state index is 12.2. The van der Waals surface area contributed by atoms with E-state index in [0.29, 0.717) is 11.3 Å². The minimum absolute atomic E-state index is 0.0639. The Morgan fingerprint density at radius 2 is 2.00 bits per heavy atom. The molecule has 2 N–H and O–H groups in total. The summed E-state index contributed by atoms with van der Waals surface area (Å²) in [5.74, 6) is 0. The molecule has 8 heteroatoms. The lowest BCUT2D eigenvalue weighted by Gasteiger charge is -1.85. The smallest absolute Gasteiger partial charge is 0.297 e. The van der Waals surface area contributed by atoms with Crippen LogP contribution in [0, 0.1) is 0 Å². The van der Waals surface area contributed by atoms with Crippen LogP contribution < -0.4 is 11.2 Å². The van der Waals surface area contributed by atoms with Gasteiger partial charge in [0, 0.05) is 0 Å². The number of thiazole rings is 1. The Morgan fingerprint density at radius 3 is 2.64 bits per heavy atom. The van der Waals surface area contributed by atoms with Crippen molar-refractivity contribution in [1.29, 1.82) is 0 Å². The molecule has 0 fully saturated rings. The first-order valence-electron chi connectivity index (χ1n) is 3.49. The molecular weight excluding hydrogens is 216 g/mol. The Morgan fingerprint density at radius 1 is 1.29 bits per heavy atom. The molecule has 0 amide bonds. The first kappa shape index (κ1) is 9.00. The molecule has 0 unspecified atom stereocenters. The normalized spacial score (nSPS) is 11.4. The fraction of sp³-hybridized carbons (Fsp3) is 0.167. The lowest BCUT2D eigenvalue weighted by molar-refractivity contribution is 0.151. The Kier molecular flexibility index (Phi) is 1.92. The summed E-state index contributed by atoms with van der Waals surface area (Å²) in [5.41, 5.74) is -1.65. The van der Waals surface area contributed by atoms with Crippen LogP contribution in [0.15, 0.2) is 9.59 Å². The van der Waals surface area contributed by atoms with E-state index in [4.69, 9.17) is 0 Å². The second-order valence-corrected chi connectivity index (χ2v) is 3.47. The van der Waals surface area contributed by atoms with Crippen molar-refractivity contribution in [2.24, 2.45) is 0 Å². The minimum atomic E-state index is -2.74. The van der Waals surface area contributed by atoms with Gasteiger partial charge in [0.2, 0.25) is 0 Å². The van der Waals surface area contributed by atoms with Crippen molar-refractivity contribution in [3.05, 3.63) is 25.8 Å². The molecule has 2 aromatic heterocycles. The largest absolute Gasteiger partial charge is 0.326 e. The van der Waals surface area contributed by atoms with Crippen LogP contribution in [0.2, 0.25) is 0 Å². The number of fused-ring (bicyclic) bond motifs is 1. The van der Waals surface area contributed by atoms with Gasteiger partial charge in [-0.2, -0.15) is 0 Å². The molecule has 0 aliphatic carbocycles. The van der Waals surface area contributed by atoms with Gasteiger partial charge >= 0.3 is 5.69 Å². The molecule has 0 aliphatic heterocycles. The second-order valence-electron chi connectivity index (χ2n) is 2.44. The molecular formula is C6H3F2N3O2S. The van der Waals surface area contributed by atoms with Gasteiger partial charge in [0.15, 0.2) is 10.5 Å². The molecule has 2 rings (SSSR count). The summed E-state index contributed by atoms with van der Waals surface area (Å²) in [6, 6.07) is 0. The average molecular weight is 219 g/mol. The Bertz CT molecular complexity index is 585. The first-order valence-corrected chi connectivity index (χ1v) is 4.31. The number of aromatic amines is 2. The SMILES string of the molecule is O=c1[nH]c(=O)c2nc(C(F)F)sc2[nH]1. The topological polar surface area (TPSA) is 78.6 Å². The monoisotopic (exact) mass is 219 g/mol. The van der Waals surface area contributed by atoms with Crippen LogP contribution in [0.5, 0.6) is 0 Å². The third-order valence-electron chi connectivity index (χ3n) is 1.50. The Hall–Kier alpha value is -1.57. The molecule has 74 valence electrons. The maximum Gasteiger partial charge on any atom is 0.326 e. The predicted octanol–water partition coefficient (Wildman–Crippen LogP) is 0.611. The molecule has 0 saturated carbocycles. The highest BCUT2D eigenvalue weighted by molar-refractivity contribution is 7.18. The number of hydrogen-bond acceptors (Lipinski definition) is 4. The van der Waals surface area contributed by atoms with Gasteiger partial charge in [-0.05, 0) is 0 Å². The highest BCUT2D eigenvalue weighted by atomic mass is 32.1. The number of nitrogens with zero attached hydrogens (tertiary/aromatic N) is 1. The van der Waals surface area contributed by atoms with E-state index in [1.54, 1.807) is 0 Å². The molecule has 2 aromatic rings. The number of nitrogens with one attached hydrogen (secondary N) is 2. The van der Waals surface area contributed by atoms with E-state index >= 15 is 0 Å². The van der Waals surface area contributed by atoms with E-state index in [-0.39, 0.29) is 10.3 Å². The molecule has 0 radical (unpaired) electrons. The third kappa shape index (κ3) is 1.33. The zero-order valence-electron chi connectivity index (χ0n) is 6.51. The van der Waals surface area contributed by atoms with Crippen molar-refractivity contribution in [2.45, 2.75) is 6.43 Å². The van der Waals surface area contributed by atoms with Crippen LogP contribution in [0.3, 0.4) is 0 Å². The van der Waals surface area contributed by atoms with Crippen molar-refractivity contribution in [2.75, 3.05) is 0 Å². The van der Waals surface area contributed by atoms with Gasteiger partial charge in [-0.25, -0.2) is 18.6 Å². The molecule has 0 bridgehead atoms. The van der Waals surface area contributed by atoms with Gasteiger partial charge in [-0.3, -0.25) is 14.8 Å². The summed E-state index contributed by atoms with van der Waals surface area (Å²) in [5, 5.41) is -0.479. The van der Waals surface area contributed by atoms with E-state index in [0.717, 1.165) is 0 Å². The third-order valence-corrected chi connectivity index (χ3v) is 2.48. The number of halogens is 2. The van der Waals surface area contributed by atoms with E-state index < -0.39 is 22.7 Å². The fourth-order valence-corrected chi connectivity index (χ4v) is 1.78. The highest BCUT2D eigenvalue weighted by Gasteiger charge is 2.15. The van der Waals surface area contributed by atoms with Crippen molar-refractivity contribution in [3.63, 3.8) is 0 Å². The van der Waals surface area contributed by atoms with Crippen molar-refractivity contribution < 1.29 is 8.78 Å². The Labute approximate surface area is 78.4 Å². The zero-order valence-corrected chi connectivity index (χ0v) is 7.32. The lowest BCUT2D eigenvalue weighted by atomic mass is 10.6. The van der Waals surface area contributed by atoms with Crippen LogP contribution in [0.25, 0.3) is 10.3 Å². The highest BCUT2D eigenvalue weighted by Crippen LogP contribution is 2.25. The molecule has 0 atom stereocenters. The summed E-state index contributed by atoms with van der Waals surface area (Å²) >= 11 is 0.597. The standard InChI is InChI=1S/C6H3F2N3O2S/c7-2(8)5-9-1-3(12)10-6(13)11-4(1)14-5/h2H,(H2,10,11,12,13). The van der Waals surface area contributed by atoms with E-state index in [1.165, 1.54) is 0 Å². The second kappa shape index (κ2) is 2.98. The fourth-order valence-electron chi connectivity index (χ4n) is 0.965. The number of aromatic nitrogens is 3. The summed E-state index contributed by atoms with van der Waals surface area (Å²) in [7, 11) is 0. The zero-order chi connectivity index (χ0) is 10.3. The Balaban J connectivity index is 2.84. The van der Waals surface area contributed by atoms with Crippen LogP contribution >= 0.6 is 11.3 Å². The van der Waals surface area contributed by atoms with E-state index in [2.05, 4.69) is 9.97 Å². The van der Waals surface area contributed by atoms with Gasteiger partial charge < -0.3 is 0 Å². The lowest BCUT2D eigenvalue weighted by Crippen LogP contribution is -2.21. The first-order chi connectivity index (χ1) is 6.58. The molecule has 5 nitrogen and oxygen atoms in total. The minimum Gasteiger partial charge on any atom is -0.297 e. The maximum atomic E-state index is 12.2. The quantitative estimate of drug-likeness (QED) is 0.737. The van der Waals surface area contributed by atoms with Crippen LogP contribution in [-0.4, -0.2) is 15.0 Å².